The van der Waals surface area contributed by atoms with Crippen LogP contribution in [-0.2, 0) is 0 Å². The number of aryl methyl sites for hydroxylation is 1. The molecule has 0 saturated carbocycles. The molecule has 0 saturated heterocycles. The molecule has 2 N–H and O–H groups in total. The van der Waals surface area contributed by atoms with Gasteiger partial charge in [-0.2, -0.15) is 0 Å². The van der Waals surface area contributed by atoms with Gasteiger partial charge in [0.1, 0.15) is 12.4 Å². The molecule has 1 rings (SSSR count). The van der Waals surface area contributed by atoms with E-state index < -0.39 is 0 Å². The van der Waals surface area contributed by atoms with Gasteiger partial charge in [-0.15, -0.1) is 0 Å². The summed E-state index contributed by atoms with van der Waals surface area (Å²) >= 11 is 0. The zero-order valence-corrected chi connectivity index (χ0v) is 11.5. The predicted octanol–water partition coefficient (Wildman–Crippen LogP) is 1.95. The maximum Gasteiger partial charge on any atom is 0.191 e. The van der Waals surface area contributed by atoms with Crippen LogP contribution < -0.4 is 15.4 Å². The molecule has 4 nitrogen and oxygen atoms in total. The van der Waals surface area contributed by atoms with Crippen LogP contribution in [-0.4, -0.2) is 32.7 Å². The summed E-state index contributed by atoms with van der Waals surface area (Å²) in [6.45, 7) is 6.47. The van der Waals surface area contributed by atoms with Crippen molar-refractivity contribution in [1.29, 1.82) is 0 Å². The van der Waals surface area contributed by atoms with Gasteiger partial charge in [0.25, 0.3) is 0 Å². The van der Waals surface area contributed by atoms with Crippen LogP contribution in [0.5, 0.6) is 5.75 Å². The summed E-state index contributed by atoms with van der Waals surface area (Å²) in [5.74, 6) is 1.73. The Labute approximate surface area is 109 Å². The van der Waals surface area contributed by atoms with E-state index in [0.29, 0.717) is 6.61 Å². The van der Waals surface area contributed by atoms with E-state index in [1.54, 1.807) is 7.05 Å². The van der Waals surface area contributed by atoms with Gasteiger partial charge < -0.3 is 15.4 Å². The lowest BCUT2D eigenvalue weighted by Crippen LogP contribution is -2.39. The van der Waals surface area contributed by atoms with Crippen LogP contribution in [0.2, 0.25) is 0 Å². The van der Waals surface area contributed by atoms with Crippen LogP contribution in [0.4, 0.5) is 0 Å². The largest absolute Gasteiger partial charge is 0.492 e. The molecule has 0 radical (unpaired) electrons. The van der Waals surface area contributed by atoms with E-state index in [4.69, 9.17) is 4.74 Å². The monoisotopic (exact) mass is 249 g/mol. The third-order valence-corrected chi connectivity index (χ3v) is 2.42. The van der Waals surface area contributed by atoms with Gasteiger partial charge >= 0.3 is 0 Å². The number of nitrogens with one attached hydrogen (secondary N) is 2. The van der Waals surface area contributed by atoms with Gasteiger partial charge in [-0.1, -0.05) is 19.1 Å². The molecule has 0 fully saturated rings. The highest BCUT2D eigenvalue weighted by Gasteiger charge is 1.96. The molecule has 0 spiro atoms. The minimum atomic E-state index is 0.621. The van der Waals surface area contributed by atoms with Crippen molar-refractivity contribution in [3.8, 4) is 5.75 Å². The predicted molar refractivity (Wildman–Crippen MR) is 76.3 cm³/mol. The fourth-order valence-corrected chi connectivity index (χ4v) is 1.51. The highest BCUT2D eigenvalue weighted by molar-refractivity contribution is 5.79. The number of benzene rings is 1. The zero-order chi connectivity index (χ0) is 13.2. The molecule has 0 atom stereocenters. The zero-order valence-electron chi connectivity index (χ0n) is 11.5. The number of aliphatic imine (C=N–C) groups is 1. The molecular formula is C14H23N3O. The first-order valence-electron chi connectivity index (χ1n) is 6.40. The van der Waals surface area contributed by atoms with Crippen LogP contribution >= 0.6 is 0 Å². The Balaban J connectivity index is 2.22. The van der Waals surface area contributed by atoms with Crippen LogP contribution in [0, 0.1) is 6.92 Å². The van der Waals surface area contributed by atoms with E-state index in [1.165, 1.54) is 5.56 Å². The van der Waals surface area contributed by atoms with Gasteiger partial charge in [0, 0.05) is 13.6 Å². The SMILES string of the molecule is CCCNC(=NC)NCCOc1cccc(C)c1. The van der Waals surface area contributed by atoms with Crippen molar-refractivity contribution >= 4 is 5.96 Å². The number of guanidine groups is 1. The van der Waals surface area contributed by atoms with Crippen molar-refractivity contribution in [2.24, 2.45) is 4.99 Å². The quantitative estimate of drug-likeness (QED) is 0.460. The Kier molecular flexibility index (Phi) is 6.69. The lowest BCUT2D eigenvalue weighted by atomic mass is 10.2. The number of nitrogens with zero attached hydrogens (tertiary/aromatic N) is 1. The van der Waals surface area contributed by atoms with Gasteiger partial charge in [-0.05, 0) is 31.0 Å². The normalized spacial score (nSPS) is 11.2. The third-order valence-electron chi connectivity index (χ3n) is 2.42. The van der Waals surface area contributed by atoms with E-state index >= 15 is 0 Å². The highest BCUT2D eigenvalue weighted by Crippen LogP contribution is 2.11. The smallest absolute Gasteiger partial charge is 0.191 e. The summed E-state index contributed by atoms with van der Waals surface area (Å²) in [5, 5.41) is 6.41. The van der Waals surface area contributed by atoms with Crippen LogP contribution in [0.3, 0.4) is 0 Å². The molecule has 100 valence electrons. The molecule has 0 aliphatic rings. The second kappa shape index (κ2) is 8.39. The summed E-state index contributed by atoms with van der Waals surface area (Å²) in [7, 11) is 1.77. The van der Waals surface area contributed by atoms with Gasteiger partial charge in [0.2, 0.25) is 0 Å². The average Bonchev–Trinajstić information content (AvgIpc) is 2.38. The molecular weight excluding hydrogens is 226 g/mol. The van der Waals surface area contributed by atoms with Crippen LogP contribution in [0.25, 0.3) is 0 Å². The van der Waals surface area contributed by atoms with Crippen molar-refractivity contribution in [2.75, 3.05) is 26.7 Å². The molecule has 0 aromatic heterocycles. The number of hydrogen-bond acceptors (Lipinski definition) is 2. The molecule has 1 aromatic rings. The van der Waals surface area contributed by atoms with E-state index in [1.807, 2.05) is 18.2 Å². The first-order valence-corrected chi connectivity index (χ1v) is 6.40. The standard InChI is InChI=1S/C14H23N3O/c1-4-8-16-14(15-3)17-9-10-18-13-7-5-6-12(2)11-13/h5-7,11H,4,8-10H2,1-3H3,(H2,15,16,17). The molecule has 0 unspecified atom stereocenters. The van der Waals surface area contributed by atoms with Crippen molar-refractivity contribution in [1.82, 2.24) is 10.6 Å². The summed E-state index contributed by atoms with van der Waals surface area (Å²) < 4.78 is 5.64. The lowest BCUT2D eigenvalue weighted by Gasteiger charge is -2.12. The molecule has 0 bridgehead atoms. The fraction of sp³-hybridized carbons (Fsp3) is 0.500. The Morgan fingerprint density at radius 1 is 1.28 bits per heavy atom. The highest BCUT2D eigenvalue weighted by atomic mass is 16.5. The molecule has 0 heterocycles. The van der Waals surface area contributed by atoms with Gasteiger partial charge in [0.15, 0.2) is 5.96 Å². The summed E-state index contributed by atoms with van der Waals surface area (Å²) in [5.41, 5.74) is 1.21. The number of ether oxygens (including phenoxy) is 1. The summed E-state index contributed by atoms with van der Waals surface area (Å²) in [4.78, 5) is 4.12. The number of hydrogen-bond donors (Lipinski definition) is 2. The molecule has 18 heavy (non-hydrogen) atoms. The van der Waals surface area contributed by atoms with E-state index in [2.05, 4.69) is 35.5 Å². The average molecular weight is 249 g/mol. The second-order valence-corrected chi connectivity index (χ2v) is 4.09. The van der Waals surface area contributed by atoms with Crippen molar-refractivity contribution in [2.45, 2.75) is 20.3 Å². The Bertz CT molecular complexity index is 377. The molecule has 0 aliphatic heterocycles. The molecule has 0 aliphatic carbocycles. The molecule has 1 aromatic carbocycles. The topological polar surface area (TPSA) is 45.7 Å². The van der Waals surface area contributed by atoms with E-state index in [9.17, 15) is 0 Å². The summed E-state index contributed by atoms with van der Waals surface area (Å²) in [6.07, 6.45) is 1.08. The van der Waals surface area contributed by atoms with Crippen molar-refractivity contribution in [3.63, 3.8) is 0 Å². The van der Waals surface area contributed by atoms with Crippen molar-refractivity contribution < 1.29 is 4.74 Å². The van der Waals surface area contributed by atoms with Crippen LogP contribution in [0.1, 0.15) is 18.9 Å². The maximum atomic E-state index is 5.64. The van der Waals surface area contributed by atoms with Gasteiger partial charge in [0.05, 0.1) is 6.54 Å². The minimum absolute atomic E-state index is 0.621. The Hall–Kier alpha value is -1.71. The molecule has 4 heteroatoms. The minimum Gasteiger partial charge on any atom is -0.492 e. The van der Waals surface area contributed by atoms with E-state index in [0.717, 1.165) is 31.2 Å². The van der Waals surface area contributed by atoms with Crippen LogP contribution in [0.15, 0.2) is 29.3 Å². The summed E-state index contributed by atoms with van der Waals surface area (Å²) in [6, 6.07) is 8.06. The first-order chi connectivity index (χ1) is 8.76. The maximum absolute atomic E-state index is 5.64. The van der Waals surface area contributed by atoms with Crippen molar-refractivity contribution in [3.05, 3.63) is 29.8 Å². The van der Waals surface area contributed by atoms with Gasteiger partial charge in [-0.3, -0.25) is 4.99 Å². The first kappa shape index (κ1) is 14.4. The Morgan fingerprint density at radius 3 is 2.72 bits per heavy atom. The lowest BCUT2D eigenvalue weighted by molar-refractivity contribution is 0.321. The fourth-order valence-electron chi connectivity index (χ4n) is 1.51. The third kappa shape index (κ3) is 5.57. The molecule has 0 amide bonds. The van der Waals surface area contributed by atoms with Gasteiger partial charge in [-0.25, -0.2) is 0 Å². The van der Waals surface area contributed by atoms with E-state index in [-0.39, 0.29) is 0 Å². The number of rotatable bonds is 6. The second-order valence-electron chi connectivity index (χ2n) is 4.09. The Morgan fingerprint density at radius 2 is 2.06 bits per heavy atom.